The van der Waals surface area contributed by atoms with Crippen LogP contribution in [0.25, 0.3) is 0 Å². The Morgan fingerprint density at radius 1 is 1.36 bits per heavy atom. The Morgan fingerprint density at radius 2 is 2.16 bits per heavy atom. The number of carbonyl (C=O) groups excluding carboxylic acids is 1. The zero-order valence-corrected chi connectivity index (χ0v) is 16.2. The lowest BCUT2D eigenvalue weighted by molar-refractivity contribution is -0.122. The molecule has 1 saturated heterocycles. The highest BCUT2D eigenvalue weighted by Crippen LogP contribution is 2.28. The van der Waals surface area contributed by atoms with Crippen molar-refractivity contribution in [3.05, 3.63) is 23.8 Å². The quantitative estimate of drug-likeness (QED) is 0.656. The molecule has 0 spiro atoms. The highest BCUT2D eigenvalue weighted by atomic mass is 32.2. The van der Waals surface area contributed by atoms with Gasteiger partial charge in [-0.15, -0.1) is 11.8 Å². The minimum absolute atomic E-state index is 0.0449. The van der Waals surface area contributed by atoms with E-state index in [1.807, 2.05) is 18.2 Å². The predicted octanol–water partition coefficient (Wildman–Crippen LogP) is 1.69. The van der Waals surface area contributed by atoms with Gasteiger partial charge in [-0.1, -0.05) is 19.9 Å². The second-order valence-corrected chi connectivity index (χ2v) is 6.88. The van der Waals surface area contributed by atoms with Crippen molar-refractivity contribution in [2.45, 2.75) is 26.4 Å². The number of nitrogens with one attached hydrogen (secondary N) is 2. The Morgan fingerprint density at radius 3 is 2.80 bits per heavy atom. The van der Waals surface area contributed by atoms with Crippen LogP contribution < -0.4 is 20.1 Å². The molecule has 1 heterocycles. The van der Waals surface area contributed by atoms with Crippen molar-refractivity contribution in [2.24, 2.45) is 0 Å². The monoisotopic (exact) mass is 367 g/mol. The molecule has 0 aromatic heterocycles. The summed E-state index contributed by atoms with van der Waals surface area (Å²) in [6.07, 6.45) is 0. The maximum atomic E-state index is 12.1. The van der Waals surface area contributed by atoms with Crippen LogP contribution in [-0.2, 0) is 11.3 Å². The number of likely N-dealkylation sites (N-methyl/N-ethyl adjacent to an activating group) is 1. The van der Waals surface area contributed by atoms with Crippen LogP contribution in [0.1, 0.15) is 19.4 Å². The Bertz CT molecular complexity index is 546. The minimum Gasteiger partial charge on any atom is -0.493 e. The first-order valence-corrected chi connectivity index (χ1v) is 9.94. The molecule has 1 atom stereocenters. The number of ether oxygens (including phenoxy) is 2. The van der Waals surface area contributed by atoms with Gasteiger partial charge in [0.05, 0.1) is 13.2 Å². The van der Waals surface area contributed by atoms with Gasteiger partial charge in [0.25, 0.3) is 0 Å². The van der Waals surface area contributed by atoms with Gasteiger partial charge in [0, 0.05) is 24.7 Å². The largest absolute Gasteiger partial charge is 0.493 e. The zero-order valence-electron chi connectivity index (χ0n) is 15.3. The molecule has 1 unspecified atom stereocenters. The first kappa shape index (κ1) is 19.9. The number of hydrogen-bond donors (Lipinski definition) is 2. The topological polar surface area (TPSA) is 62.8 Å². The van der Waals surface area contributed by atoms with Crippen molar-refractivity contribution >= 4 is 17.7 Å². The molecule has 7 heteroatoms. The van der Waals surface area contributed by atoms with Crippen molar-refractivity contribution in [1.82, 2.24) is 15.5 Å². The summed E-state index contributed by atoms with van der Waals surface area (Å²) in [5, 5.41) is 6.14. The molecule has 1 aliphatic heterocycles. The van der Waals surface area contributed by atoms with Crippen molar-refractivity contribution in [3.8, 4) is 11.5 Å². The van der Waals surface area contributed by atoms with E-state index in [1.165, 1.54) is 0 Å². The number of methoxy groups -OCH3 is 1. The zero-order chi connectivity index (χ0) is 18.1. The molecule has 0 radical (unpaired) electrons. The number of thioether (sulfide) groups is 1. The molecule has 1 aromatic rings. The van der Waals surface area contributed by atoms with E-state index in [0.29, 0.717) is 18.9 Å². The van der Waals surface area contributed by atoms with E-state index in [-0.39, 0.29) is 11.9 Å². The van der Waals surface area contributed by atoms with Gasteiger partial charge in [0.15, 0.2) is 11.5 Å². The van der Waals surface area contributed by atoms with Crippen molar-refractivity contribution in [1.29, 1.82) is 0 Å². The summed E-state index contributed by atoms with van der Waals surface area (Å²) in [5.41, 5.74) is 0.993. The Kier molecular flexibility index (Phi) is 8.37. The molecule has 140 valence electrons. The Labute approximate surface area is 154 Å². The van der Waals surface area contributed by atoms with E-state index in [9.17, 15) is 4.79 Å². The normalized spacial score (nSPS) is 16.9. The smallest absolute Gasteiger partial charge is 0.238 e. The Hall–Kier alpha value is -1.44. The molecule has 2 N–H and O–H groups in total. The van der Waals surface area contributed by atoms with E-state index in [0.717, 1.165) is 42.6 Å². The van der Waals surface area contributed by atoms with Crippen molar-refractivity contribution in [2.75, 3.05) is 45.0 Å². The van der Waals surface area contributed by atoms with Crippen molar-refractivity contribution in [3.63, 3.8) is 0 Å². The molecule has 0 bridgehead atoms. The second kappa shape index (κ2) is 10.5. The van der Waals surface area contributed by atoms with Gasteiger partial charge in [-0.25, -0.2) is 0 Å². The van der Waals surface area contributed by atoms with E-state index in [1.54, 1.807) is 18.9 Å². The highest BCUT2D eigenvalue weighted by molar-refractivity contribution is 7.99. The number of hydrogen-bond acceptors (Lipinski definition) is 6. The third-order valence-electron chi connectivity index (χ3n) is 4.29. The number of nitrogens with zero attached hydrogens (tertiary/aromatic N) is 1. The highest BCUT2D eigenvalue weighted by Gasteiger charge is 2.22. The van der Waals surface area contributed by atoms with Crippen LogP contribution in [0.5, 0.6) is 11.5 Å². The molecule has 2 rings (SSSR count). The van der Waals surface area contributed by atoms with E-state index in [2.05, 4.69) is 29.4 Å². The average Bonchev–Trinajstić information content (AvgIpc) is 3.18. The summed E-state index contributed by atoms with van der Waals surface area (Å²) >= 11 is 1.74. The summed E-state index contributed by atoms with van der Waals surface area (Å²) in [7, 11) is 1.63. The maximum Gasteiger partial charge on any atom is 0.238 e. The first-order valence-electron chi connectivity index (χ1n) is 8.78. The molecule has 0 saturated carbocycles. The maximum absolute atomic E-state index is 12.1. The van der Waals surface area contributed by atoms with Gasteiger partial charge < -0.3 is 19.7 Å². The molecule has 1 amide bonds. The lowest BCUT2D eigenvalue weighted by Crippen LogP contribution is -2.41. The lowest BCUT2D eigenvalue weighted by Gasteiger charge is -2.19. The fourth-order valence-corrected chi connectivity index (χ4v) is 3.58. The molecule has 25 heavy (non-hydrogen) atoms. The summed E-state index contributed by atoms with van der Waals surface area (Å²) in [6.45, 7) is 8.32. The SMILES string of the molecule is CCN(CC)CCOc1ccc(CNC(=O)C2CSCN2)cc1OC. The van der Waals surface area contributed by atoms with Gasteiger partial charge in [0.1, 0.15) is 6.61 Å². The third kappa shape index (κ3) is 6.09. The van der Waals surface area contributed by atoms with E-state index < -0.39 is 0 Å². The summed E-state index contributed by atoms with van der Waals surface area (Å²) in [4.78, 5) is 14.4. The molecule has 1 aliphatic rings. The van der Waals surface area contributed by atoms with Gasteiger partial charge >= 0.3 is 0 Å². The van der Waals surface area contributed by atoms with Crippen LogP contribution >= 0.6 is 11.8 Å². The van der Waals surface area contributed by atoms with Gasteiger partial charge in [-0.3, -0.25) is 10.1 Å². The second-order valence-electron chi connectivity index (χ2n) is 5.85. The molecule has 1 fully saturated rings. The molecule has 0 aliphatic carbocycles. The van der Waals surface area contributed by atoms with Crippen LogP contribution in [-0.4, -0.2) is 61.8 Å². The van der Waals surface area contributed by atoms with E-state index >= 15 is 0 Å². The third-order valence-corrected chi connectivity index (χ3v) is 5.23. The molecule has 1 aromatic carbocycles. The summed E-state index contributed by atoms with van der Waals surface area (Å²) in [6, 6.07) is 5.71. The number of carbonyl (C=O) groups is 1. The lowest BCUT2D eigenvalue weighted by atomic mass is 10.2. The van der Waals surface area contributed by atoms with E-state index in [4.69, 9.17) is 9.47 Å². The molecular formula is C18H29N3O3S. The number of benzene rings is 1. The predicted molar refractivity (Wildman–Crippen MR) is 102 cm³/mol. The fraction of sp³-hybridized carbons (Fsp3) is 0.611. The standard InChI is InChI=1S/C18H29N3O3S/c1-4-21(5-2)8-9-24-16-7-6-14(10-17(16)23-3)11-19-18(22)15-12-25-13-20-15/h6-7,10,15,20H,4-5,8-9,11-13H2,1-3H3,(H,19,22). The van der Waals surface area contributed by atoms with Crippen LogP contribution in [0.2, 0.25) is 0 Å². The van der Waals surface area contributed by atoms with Crippen LogP contribution in [0, 0.1) is 0 Å². The van der Waals surface area contributed by atoms with Crippen LogP contribution in [0.4, 0.5) is 0 Å². The fourth-order valence-electron chi connectivity index (χ4n) is 2.64. The summed E-state index contributed by atoms with van der Waals surface area (Å²) in [5.74, 6) is 3.14. The molecule has 6 nitrogen and oxygen atoms in total. The van der Waals surface area contributed by atoms with Gasteiger partial charge in [-0.2, -0.15) is 0 Å². The number of rotatable bonds is 10. The Balaban J connectivity index is 1.86. The van der Waals surface area contributed by atoms with Crippen LogP contribution in [0.3, 0.4) is 0 Å². The van der Waals surface area contributed by atoms with Gasteiger partial charge in [-0.05, 0) is 30.8 Å². The van der Waals surface area contributed by atoms with Crippen molar-refractivity contribution < 1.29 is 14.3 Å². The number of amides is 1. The first-order chi connectivity index (χ1) is 12.2. The summed E-state index contributed by atoms with van der Waals surface area (Å²) < 4.78 is 11.3. The van der Waals surface area contributed by atoms with Gasteiger partial charge in [0.2, 0.25) is 5.91 Å². The van der Waals surface area contributed by atoms with Crippen LogP contribution in [0.15, 0.2) is 18.2 Å². The molecular weight excluding hydrogens is 338 g/mol. The average molecular weight is 368 g/mol. The minimum atomic E-state index is -0.0884.